The Kier molecular flexibility index (Phi) is 8.99. The van der Waals surface area contributed by atoms with E-state index in [0.717, 1.165) is 30.8 Å². The Morgan fingerprint density at radius 1 is 1.25 bits per heavy atom. The van der Waals surface area contributed by atoms with Crippen molar-refractivity contribution >= 4 is 0 Å². The van der Waals surface area contributed by atoms with E-state index in [4.69, 9.17) is 4.74 Å². The summed E-state index contributed by atoms with van der Waals surface area (Å²) in [6.07, 6.45) is 8.65. The van der Waals surface area contributed by atoms with Crippen LogP contribution in [0.2, 0.25) is 0 Å². The Bertz CT molecular complexity index is 554. The lowest BCUT2D eigenvalue weighted by Crippen LogP contribution is -2.37. The van der Waals surface area contributed by atoms with Crippen molar-refractivity contribution in [3.63, 3.8) is 0 Å². The average molecular weight is 328 g/mol. The molecule has 0 saturated carbocycles. The molecule has 2 nitrogen and oxygen atoms in total. The average Bonchev–Trinajstić information content (AvgIpc) is 2.59. The zero-order valence-electron chi connectivity index (χ0n) is 16.0. The minimum Gasteiger partial charge on any atom is -0.487 e. The molecule has 0 fully saturated rings. The highest BCUT2D eigenvalue weighted by molar-refractivity contribution is 5.27. The third-order valence-electron chi connectivity index (χ3n) is 4.19. The lowest BCUT2D eigenvalue weighted by atomic mass is 10.0. The van der Waals surface area contributed by atoms with Gasteiger partial charge >= 0.3 is 0 Å². The van der Waals surface area contributed by atoms with E-state index < -0.39 is 0 Å². The van der Waals surface area contributed by atoms with Gasteiger partial charge < -0.3 is 9.64 Å². The second-order valence-electron chi connectivity index (χ2n) is 6.19. The van der Waals surface area contributed by atoms with Crippen LogP contribution in [-0.2, 0) is 0 Å². The van der Waals surface area contributed by atoms with Crippen LogP contribution in [0.1, 0.15) is 46.1 Å². The van der Waals surface area contributed by atoms with E-state index in [1.807, 2.05) is 19.1 Å². The minimum atomic E-state index is 0.380. The van der Waals surface area contributed by atoms with Gasteiger partial charge in [0.1, 0.15) is 12.4 Å². The number of allylic oxidation sites excluding steroid dienone is 3. The first-order valence-electron chi connectivity index (χ1n) is 8.96. The van der Waals surface area contributed by atoms with Crippen LogP contribution < -0.4 is 4.74 Å². The highest BCUT2D eigenvalue weighted by Gasteiger charge is 2.19. The van der Waals surface area contributed by atoms with Crippen LogP contribution in [0.15, 0.2) is 60.3 Å². The minimum absolute atomic E-state index is 0.380. The second kappa shape index (κ2) is 10.7. The molecular formula is C22H33NO. The van der Waals surface area contributed by atoms with Crippen LogP contribution in [0.25, 0.3) is 0 Å². The number of hydrogen-bond donors (Lipinski definition) is 0. The molecule has 1 rings (SSSR count). The van der Waals surface area contributed by atoms with E-state index in [0.29, 0.717) is 12.6 Å². The van der Waals surface area contributed by atoms with Crippen molar-refractivity contribution in [2.45, 2.75) is 53.5 Å². The van der Waals surface area contributed by atoms with Crippen molar-refractivity contribution in [3.05, 3.63) is 65.9 Å². The molecule has 0 aliphatic carbocycles. The largest absolute Gasteiger partial charge is 0.487 e. The summed E-state index contributed by atoms with van der Waals surface area (Å²) >= 11 is 0. The Balaban J connectivity index is 2.79. The lowest BCUT2D eigenvalue weighted by molar-refractivity contribution is 0.232. The first-order valence-corrected chi connectivity index (χ1v) is 8.96. The molecule has 0 bridgehead atoms. The van der Waals surface area contributed by atoms with E-state index >= 15 is 0 Å². The number of aryl methyl sites for hydroxylation is 1. The summed E-state index contributed by atoms with van der Waals surface area (Å²) in [5.41, 5.74) is 3.64. The molecule has 132 valence electrons. The van der Waals surface area contributed by atoms with Crippen LogP contribution in [0.4, 0.5) is 0 Å². The molecule has 0 amide bonds. The van der Waals surface area contributed by atoms with E-state index in [9.17, 15) is 0 Å². The lowest BCUT2D eigenvalue weighted by Gasteiger charge is -2.35. The molecule has 0 aliphatic rings. The molecule has 0 N–H and O–H groups in total. The summed E-state index contributed by atoms with van der Waals surface area (Å²) in [6.45, 7) is 16.5. The summed E-state index contributed by atoms with van der Waals surface area (Å²) in [7, 11) is 0. The molecule has 0 spiro atoms. The zero-order valence-corrected chi connectivity index (χ0v) is 16.0. The van der Waals surface area contributed by atoms with Crippen LogP contribution >= 0.6 is 0 Å². The standard InChI is InChI=1S/C22H33NO/c1-7-10-12-19(5)22(11-8-2)23(9-3)20(6)17-24-21-15-13-18(4)14-16-21/h7,10,12-16,22H,6,8-9,11,17H2,1-5H3/b10-7-,19-12+. The van der Waals surface area contributed by atoms with E-state index in [-0.39, 0.29) is 0 Å². The second-order valence-corrected chi connectivity index (χ2v) is 6.19. The fourth-order valence-electron chi connectivity index (χ4n) is 2.81. The number of ether oxygens (including phenoxy) is 1. The van der Waals surface area contributed by atoms with Crippen LogP contribution in [0.3, 0.4) is 0 Å². The van der Waals surface area contributed by atoms with Crippen LogP contribution in [-0.4, -0.2) is 24.1 Å². The van der Waals surface area contributed by atoms with Crippen molar-refractivity contribution in [2.75, 3.05) is 13.2 Å². The van der Waals surface area contributed by atoms with Crippen LogP contribution in [0.5, 0.6) is 5.75 Å². The van der Waals surface area contributed by atoms with E-state index in [2.05, 4.69) is 69.5 Å². The van der Waals surface area contributed by atoms with Gasteiger partial charge in [0.2, 0.25) is 0 Å². The van der Waals surface area contributed by atoms with Crippen LogP contribution in [0, 0.1) is 6.92 Å². The summed E-state index contributed by atoms with van der Waals surface area (Å²) in [6, 6.07) is 8.54. The predicted molar refractivity (Wildman–Crippen MR) is 105 cm³/mol. The maximum atomic E-state index is 5.92. The fraction of sp³-hybridized carbons (Fsp3) is 0.455. The topological polar surface area (TPSA) is 12.5 Å². The molecule has 1 aromatic carbocycles. The Labute approximate surface area is 148 Å². The SMILES string of the molecule is C=C(COc1ccc(C)cc1)N(CC)C(CCC)/C(C)=C/C=C\C. The monoisotopic (exact) mass is 327 g/mol. The molecular weight excluding hydrogens is 294 g/mol. The third-order valence-corrected chi connectivity index (χ3v) is 4.19. The van der Waals surface area contributed by atoms with Gasteiger partial charge in [-0.05, 0) is 46.2 Å². The molecule has 0 aliphatic heterocycles. The number of nitrogens with zero attached hydrogens (tertiary/aromatic N) is 1. The van der Waals surface area contributed by atoms with Gasteiger partial charge in [-0.1, -0.05) is 61.4 Å². The molecule has 24 heavy (non-hydrogen) atoms. The number of hydrogen-bond acceptors (Lipinski definition) is 2. The normalized spacial score (nSPS) is 13.1. The van der Waals surface area contributed by atoms with Crippen molar-refractivity contribution in [1.29, 1.82) is 0 Å². The molecule has 0 heterocycles. The van der Waals surface area contributed by atoms with Gasteiger partial charge in [0.05, 0.1) is 0 Å². The van der Waals surface area contributed by atoms with E-state index in [1.165, 1.54) is 11.1 Å². The van der Waals surface area contributed by atoms with Crippen molar-refractivity contribution in [3.8, 4) is 5.75 Å². The Hall–Kier alpha value is -1.96. The summed E-state index contributed by atoms with van der Waals surface area (Å²) in [5, 5.41) is 0. The van der Waals surface area contributed by atoms with Gasteiger partial charge in [0.15, 0.2) is 0 Å². The van der Waals surface area contributed by atoms with Crippen molar-refractivity contribution in [2.24, 2.45) is 0 Å². The highest BCUT2D eigenvalue weighted by Crippen LogP contribution is 2.21. The molecule has 0 aromatic heterocycles. The number of likely N-dealkylation sites (N-methyl/N-ethyl adjacent to an activating group) is 1. The molecule has 1 unspecified atom stereocenters. The number of benzene rings is 1. The Morgan fingerprint density at radius 2 is 1.92 bits per heavy atom. The van der Waals surface area contributed by atoms with Gasteiger partial charge in [-0.25, -0.2) is 0 Å². The molecule has 1 aromatic rings. The van der Waals surface area contributed by atoms with Gasteiger partial charge in [-0.15, -0.1) is 0 Å². The zero-order chi connectivity index (χ0) is 17.9. The molecule has 0 saturated heterocycles. The maximum Gasteiger partial charge on any atom is 0.127 e. The molecule has 0 radical (unpaired) electrons. The van der Waals surface area contributed by atoms with Gasteiger partial charge in [0.25, 0.3) is 0 Å². The first-order chi connectivity index (χ1) is 11.5. The third kappa shape index (κ3) is 6.27. The van der Waals surface area contributed by atoms with Crippen molar-refractivity contribution < 1.29 is 4.74 Å². The molecule has 1 atom stereocenters. The quantitative estimate of drug-likeness (QED) is 0.496. The smallest absolute Gasteiger partial charge is 0.127 e. The van der Waals surface area contributed by atoms with E-state index in [1.54, 1.807) is 0 Å². The molecule has 2 heteroatoms. The highest BCUT2D eigenvalue weighted by atomic mass is 16.5. The summed E-state index contributed by atoms with van der Waals surface area (Å²) in [4.78, 5) is 2.37. The number of rotatable bonds is 10. The van der Waals surface area contributed by atoms with Gasteiger partial charge in [-0.3, -0.25) is 0 Å². The summed E-state index contributed by atoms with van der Waals surface area (Å²) in [5.74, 6) is 0.894. The van der Waals surface area contributed by atoms with Gasteiger partial charge in [-0.2, -0.15) is 0 Å². The first kappa shape index (κ1) is 20.1. The van der Waals surface area contributed by atoms with Crippen molar-refractivity contribution in [1.82, 2.24) is 4.90 Å². The van der Waals surface area contributed by atoms with Gasteiger partial charge in [0, 0.05) is 18.3 Å². The fourth-order valence-corrected chi connectivity index (χ4v) is 2.81. The Morgan fingerprint density at radius 3 is 2.46 bits per heavy atom. The maximum absolute atomic E-state index is 5.92. The summed E-state index contributed by atoms with van der Waals surface area (Å²) < 4.78 is 5.92. The predicted octanol–water partition coefficient (Wildman–Crippen LogP) is 5.90.